The fourth-order valence-corrected chi connectivity index (χ4v) is 4.06. The van der Waals surface area contributed by atoms with Gasteiger partial charge in [0.15, 0.2) is 0 Å². The molecule has 3 fully saturated rings. The van der Waals surface area contributed by atoms with Gasteiger partial charge in [0.05, 0.1) is 12.0 Å². The minimum Gasteiger partial charge on any atom is -0.377 e. The summed E-state index contributed by atoms with van der Waals surface area (Å²) in [7, 11) is 0. The molecule has 1 aromatic carbocycles. The molecule has 0 aromatic heterocycles. The molecule has 130 valence electrons. The highest BCUT2D eigenvalue weighted by Gasteiger charge is 2.42. The Morgan fingerprint density at radius 2 is 2.04 bits per heavy atom. The van der Waals surface area contributed by atoms with Gasteiger partial charge in [-0.1, -0.05) is 29.8 Å². The number of ether oxygens (including phenoxy) is 1. The number of aryl methyl sites for hydroxylation is 1. The number of hydrogen-bond donors (Lipinski definition) is 1. The zero-order valence-electron chi connectivity index (χ0n) is 14.5. The van der Waals surface area contributed by atoms with E-state index >= 15 is 0 Å². The summed E-state index contributed by atoms with van der Waals surface area (Å²) < 4.78 is 5.94. The largest absolute Gasteiger partial charge is 0.377 e. The molecule has 3 atom stereocenters. The molecule has 1 aliphatic carbocycles. The Bertz CT molecular complexity index is 582. The van der Waals surface area contributed by atoms with Crippen molar-refractivity contribution < 1.29 is 9.53 Å². The van der Waals surface area contributed by atoms with E-state index in [1.165, 1.54) is 24.0 Å². The van der Waals surface area contributed by atoms with Crippen molar-refractivity contribution in [3.8, 4) is 0 Å². The lowest BCUT2D eigenvalue weighted by Crippen LogP contribution is -2.52. The van der Waals surface area contributed by atoms with Crippen LogP contribution in [0.4, 0.5) is 0 Å². The molecule has 1 amide bonds. The average Bonchev–Trinajstić information content (AvgIpc) is 3.29. The molecule has 24 heavy (non-hydrogen) atoms. The summed E-state index contributed by atoms with van der Waals surface area (Å²) in [5.41, 5.74) is 2.61. The summed E-state index contributed by atoms with van der Waals surface area (Å²) in [6, 6.07) is 9.22. The van der Waals surface area contributed by atoms with E-state index in [0.717, 1.165) is 45.0 Å². The zero-order valence-corrected chi connectivity index (χ0v) is 14.5. The molecule has 0 radical (unpaired) electrons. The van der Waals surface area contributed by atoms with Crippen LogP contribution in [0, 0.1) is 18.8 Å². The molecule has 0 unspecified atom stereocenters. The minimum absolute atomic E-state index is 0.0635. The first-order valence-electron chi connectivity index (χ1n) is 9.38. The van der Waals surface area contributed by atoms with Crippen LogP contribution in [0.15, 0.2) is 24.3 Å². The number of carbonyl (C=O) groups excluding carboxylic acids is 1. The number of piperidine rings is 1. The van der Waals surface area contributed by atoms with Crippen molar-refractivity contribution in [2.24, 2.45) is 11.8 Å². The highest BCUT2D eigenvalue weighted by atomic mass is 16.5. The van der Waals surface area contributed by atoms with Gasteiger partial charge in [0, 0.05) is 32.3 Å². The first-order valence-corrected chi connectivity index (χ1v) is 9.38. The number of nitrogens with one attached hydrogen (secondary N) is 1. The third-order valence-corrected chi connectivity index (χ3v) is 5.75. The lowest BCUT2D eigenvalue weighted by molar-refractivity contribution is -0.129. The highest BCUT2D eigenvalue weighted by Crippen LogP contribution is 2.33. The van der Waals surface area contributed by atoms with E-state index in [1.807, 2.05) is 0 Å². The quantitative estimate of drug-likeness (QED) is 0.903. The van der Waals surface area contributed by atoms with Gasteiger partial charge >= 0.3 is 0 Å². The Morgan fingerprint density at radius 1 is 1.25 bits per heavy atom. The fourth-order valence-electron chi connectivity index (χ4n) is 4.06. The molecule has 0 spiro atoms. The van der Waals surface area contributed by atoms with E-state index in [4.69, 9.17) is 4.74 Å². The second kappa shape index (κ2) is 6.85. The van der Waals surface area contributed by atoms with Gasteiger partial charge in [-0.15, -0.1) is 0 Å². The summed E-state index contributed by atoms with van der Waals surface area (Å²) >= 11 is 0. The molecule has 4 heteroatoms. The topological polar surface area (TPSA) is 41.6 Å². The molecule has 3 aliphatic rings. The van der Waals surface area contributed by atoms with Crippen molar-refractivity contribution in [2.45, 2.75) is 51.3 Å². The fraction of sp³-hybridized carbons (Fsp3) is 0.650. The number of likely N-dealkylation sites (tertiary alicyclic amines) is 1. The van der Waals surface area contributed by atoms with Crippen LogP contribution >= 0.6 is 0 Å². The SMILES string of the molecule is Cc1ccc(CN2C[C@@H](C(=O)NCC3CC3)C[C@H]3OCC[C@H]32)cc1. The summed E-state index contributed by atoms with van der Waals surface area (Å²) in [6.45, 7) is 5.58. The van der Waals surface area contributed by atoms with Crippen molar-refractivity contribution >= 4 is 5.91 Å². The smallest absolute Gasteiger partial charge is 0.224 e. The van der Waals surface area contributed by atoms with E-state index in [0.29, 0.717) is 6.04 Å². The summed E-state index contributed by atoms with van der Waals surface area (Å²) in [5.74, 6) is 1.02. The molecule has 1 aromatic rings. The average molecular weight is 328 g/mol. The first-order chi connectivity index (χ1) is 11.7. The Labute approximate surface area is 144 Å². The van der Waals surface area contributed by atoms with E-state index in [1.54, 1.807) is 0 Å². The van der Waals surface area contributed by atoms with Gasteiger partial charge < -0.3 is 10.1 Å². The lowest BCUT2D eigenvalue weighted by Gasteiger charge is -2.40. The van der Waals surface area contributed by atoms with Gasteiger partial charge in [-0.05, 0) is 44.1 Å². The van der Waals surface area contributed by atoms with Crippen molar-refractivity contribution in [2.75, 3.05) is 19.7 Å². The molecule has 2 aliphatic heterocycles. The van der Waals surface area contributed by atoms with E-state index in [2.05, 4.69) is 41.4 Å². The molecule has 1 saturated carbocycles. The first kappa shape index (κ1) is 16.1. The molecule has 0 bridgehead atoms. The summed E-state index contributed by atoms with van der Waals surface area (Å²) in [6.07, 6.45) is 4.75. The zero-order chi connectivity index (χ0) is 16.5. The predicted molar refractivity (Wildman–Crippen MR) is 93.6 cm³/mol. The minimum atomic E-state index is 0.0635. The monoisotopic (exact) mass is 328 g/mol. The second-order valence-electron chi connectivity index (χ2n) is 7.80. The number of benzene rings is 1. The van der Waals surface area contributed by atoms with Crippen LogP contribution < -0.4 is 5.32 Å². The number of amides is 1. The van der Waals surface area contributed by atoms with Crippen LogP contribution in [-0.4, -0.2) is 42.6 Å². The Kier molecular flexibility index (Phi) is 4.59. The molecule has 2 heterocycles. The lowest BCUT2D eigenvalue weighted by atomic mass is 9.89. The summed E-state index contributed by atoms with van der Waals surface area (Å²) in [4.78, 5) is 15.0. The van der Waals surface area contributed by atoms with Gasteiger partial charge in [0.2, 0.25) is 5.91 Å². The Hall–Kier alpha value is -1.39. The Balaban J connectivity index is 1.42. The summed E-state index contributed by atoms with van der Waals surface area (Å²) in [5, 5.41) is 3.16. The second-order valence-corrected chi connectivity index (χ2v) is 7.80. The van der Waals surface area contributed by atoms with Crippen LogP contribution in [0.3, 0.4) is 0 Å². The van der Waals surface area contributed by atoms with Crippen LogP contribution in [0.1, 0.15) is 36.8 Å². The molecule has 4 nitrogen and oxygen atoms in total. The molecule has 4 rings (SSSR count). The van der Waals surface area contributed by atoms with E-state index in [9.17, 15) is 4.79 Å². The van der Waals surface area contributed by atoms with Gasteiger partial charge in [-0.3, -0.25) is 9.69 Å². The standard InChI is InChI=1S/C20H28N2O2/c1-14-2-4-16(5-3-14)12-22-13-17(10-19-18(22)8-9-24-19)20(23)21-11-15-6-7-15/h2-5,15,17-19H,6-13H2,1H3,(H,21,23)/t17-,18+,19+/m0/s1. The normalized spacial score (nSPS) is 30.1. The molecule has 1 N–H and O–H groups in total. The van der Waals surface area contributed by atoms with Crippen molar-refractivity contribution in [3.05, 3.63) is 35.4 Å². The van der Waals surface area contributed by atoms with Gasteiger partial charge in [-0.25, -0.2) is 0 Å². The van der Waals surface area contributed by atoms with E-state index < -0.39 is 0 Å². The van der Waals surface area contributed by atoms with Crippen molar-refractivity contribution in [3.63, 3.8) is 0 Å². The maximum Gasteiger partial charge on any atom is 0.224 e. The maximum atomic E-state index is 12.6. The molecule has 2 saturated heterocycles. The van der Waals surface area contributed by atoms with Gasteiger partial charge in [0.25, 0.3) is 0 Å². The van der Waals surface area contributed by atoms with Crippen LogP contribution in [0.5, 0.6) is 0 Å². The van der Waals surface area contributed by atoms with Gasteiger partial charge in [-0.2, -0.15) is 0 Å². The number of nitrogens with zero attached hydrogens (tertiary/aromatic N) is 1. The number of rotatable bonds is 5. The van der Waals surface area contributed by atoms with Crippen molar-refractivity contribution in [1.82, 2.24) is 10.2 Å². The third-order valence-electron chi connectivity index (χ3n) is 5.75. The number of hydrogen-bond acceptors (Lipinski definition) is 3. The van der Waals surface area contributed by atoms with Crippen LogP contribution in [0.2, 0.25) is 0 Å². The van der Waals surface area contributed by atoms with Crippen LogP contribution in [0.25, 0.3) is 0 Å². The number of fused-ring (bicyclic) bond motifs is 1. The third kappa shape index (κ3) is 3.65. The maximum absolute atomic E-state index is 12.6. The van der Waals surface area contributed by atoms with E-state index in [-0.39, 0.29) is 17.9 Å². The molecular formula is C20H28N2O2. The predicted octanol–water partition coefficient (Wildman–Crippen LogP) is 2.50. The van der Waals surface area contributed by atoms with Crippen molar-refractivity contribution in [1.29, 1.82) is 0 Å². The molecular weight excluding hydrogens is 300 g/mol. The Morgan fingerprint density at radius 3 is 2.79 bits per heavy atom. The number of carbonyl (C=O) groups is 1. The van der Waals surface area contributed by atoms with Crippen LogP contribution in [-0.2, 0) is 16.1 Å². The van der Waals surface area contributed by atoms with Gasteiger partial charge in [0.1, 0.15) is 0 Å². The highest BCUT2D eigenvalue weighted by molar-refractivity contribution is 5.79.